The van der Waals surface area contributed by atoms with Crippen molar-refractivity contribution in [3.8, 4) is 5.75 Å². The van der Waals surface area contributed by atoms with Crippen molar-refractivity contribution in [2.24, 2.45) is 5.92 Å². The molecule has 25 heavy (non-hydrogen) atoms. The molecule has 1 N–H and O–H groups in total. The highest BCUT2D eigenvalue weighted by Gasteiger charge is 2.26. The van der Waals surface area contributed by atoms with Crippen LogP contribution in [0.25, 0.3) is 0 Å². The molecule has 1 heterocycles. The van der Waals surface area contributed by atoms with Crippen molar-refractivity contribution in [2.75, 3.05) is 40.0 Å². The predicted molar refractivity (Wildman–Crippen MR) is 97.7 cm³/mol. The number of amides is 1. The van der Waals surface area contributed by atoms with E-state index in [1.54, 1.807) is 7.11 Å². The quantitative estimate of drug-likeness (QED) is 0.860. The summed E-state index contributed by atoms with van der Waals surface area (Å²) in [5.74, 6) is 1.29. The van der Waals surface area contributed by atoms with Gasteiger partial charge in [0.25, 0.3) is 0 Å². The van der Waals surface area contributed by atoms with E-state index in [1.807, 2.05) is 12.1 Å². The van der Waals surface area contributed by atoms with Gasteiger partial charge < -0.3 is 14.8 Å². The standard InChI is InChI=1S/C20H30N2O3/c1-24-18-9-7-16(8-10-18)19(22-11-13-25-14-12-22)15-21-20(23)17-5-3-2-4-6-17/h7-10,17,19H,2-6,11-15H2,1H3,(H,21,23). The Kier molecular flexibility index (Phi) is 6.70. The SMILES string of the molecule is COc1ccc(C(CNC(=O)C2CCCCC2)N2CCOCC2)cc1. The molecule has 1 aliphatic heterocycles. The second-order valence-electron chi connectivity index (χ2n) is 7.02. The third kappa shape index (κ3) is 4.95. The van der Waals surface area contributed by atoms with Crippen molar-refractivity contribution < 1.29 is 14.3 Å². The van der Waals surface area contributed by atoms with Crippen LogP contribution in [0.5, 0.6) is 5.75 Å². The molecule has 1 aromatic rings. The summed E-state index contributed by atoms with van der Waals surface area (Å²) < 4.78 is 10.8. The van der Waals surface area contributed by atoms with Crippen LogP contribution in [0, 0.1) is 5.92 Å². The molecule has 2 aliphatic rings. The third-order valence-corrected chi connectivity index (χ3v) is 5.43. The maximum absolute atomic E-state index is 12.5. The lowest BCUT2D eigenvalue weighted by atomic mass is 9.88. The lowest BCUT2D eigenvalue weighted by Gasteiger charge is -2.35. The molecule has 138 valence electrons. The Morgan fingerprint density at radius 1 is 1.20 bits per heavy atom. The summed E-state index contributed by atoms with van der Waals surface area (Å²) in [7, 11) is 1.68. The van der Waals surface area contributed by atoms with Crippen LogP contribution in [-0.4, -0.2) is 50.8 Å². The fourth-order valence-electron chi connectivity index (χ4n) is 3.88. The highest BCUT2D eigenvalue weighted by atomic mass is 16.5. The van der Waals surface area contributed by atoms with Crippen molar-refractivity contribution in [1.29, 1.82) is 0 Å². The Morgan fingerprint density at radius 2 is 1.88 bits per heavy atom. The fourth-order valence-corrected chi connectivity index (χ4v) is 3.88. The topological polar surface area (TPSA) is 50.8 Å². The molecule has 5 nitrogen and oxygen atoms in total. The molecule has 1 saturated carbocycles. The van der Waals surface area contributed by atoms with Crippen LogP contribution in [0.15, 0.2) is 24.3 Å². The molecule has 0 aromatic heterocycles. The first-order chi connectivity index (χ1) is 12.3. The van der Waals surface area contributed by atoms with E-state index in [4.69, 9.17) is 9.47 Å². The number of rotatable bonds is 6. The molecule has 1 aromatic carbocycles. The Hall–Kier alpha value is -1.59. The first-order valence-electron chi connectivity index (χ1n) is 9.51. The molecule has 1 amide bonds. The average Bonchev–Trinajstić information content (AvgIpc) is 2.70. The van der Waals surface area contributed by atoms with Crippen LogP contribution >= 0.6 is 0 Å². The molecule has 0 radical (unpaired) electrons. The van der Waals surface area contributed by atoms with Gasteiger partial charge in [0.2, 0.25) is 5.91 Å². The Labute approximate surface area is 150 Å². The molecule has 0 spiro atoms. The summed E-state index contributed by atoms with van der Waals surface area (Å²) in [6.07, 6.45) is 5.71. The van der Waals surface area contributed by atoms with Crippen LogP contribution in [-0.2, 0) is 9.53 Å². The van der Waals surface area contributed by atoms with Gasteiger partial charge in [0.05, 0.1) is 26.4 Å². The van der Waals surface area contributed by atoms with Gasteiger partial charge in [-0.25, -0.2) is 0 Å². The Balaban J connectivity index is 1.65. The van der Waals surface area contributed by atoms with Crippen LogP contribution in [0.4, 0.5) is 0 Å². The van der Waals surface area contributed by atoms with Crippen molar-refractivity contribution in [3.63, 3.8) is 0 Å². The highest BCUT2D eigenvalue weighted by Crippen LogP contribution is 2.26. The van der Waals surface area contributed by atoms with E-state index >= 15 is 0 Å². The number of methoxy groups -OCH3 is 1. The number of hydrogen-bond acceptors (Lipinski definition) is 4. The highest BCUT2D eigenvalue weighted by molar-refractivity contribution is 5.78. The summed E-state index contributed by atoms with van der Waals surface area (Å²) in [6, 6.07) is 8.37. The van der Waals surface area contributed by atoms with Crippen LogP contribution in [0.2, 0.25) is 0 Å². The van der Waals surface area contributed by atoms with E-state index in [1.165, 1.54) is 24.8 Å². The first-order valence-corrected chi connectivity index (χ1v) is 9.51. The molecule has 2 fully saturated rings. The van der Waals surface area contributed by atoms with E-state index in [0.29, 0.717) is 6.54 Å². The number of morpholine rings is 1. The number of carbonyl (C=O) groups excluding carboxylic acids is 1. The van der Waals surface area contributed by atoms with Gasteiger partial charge in [-0.15, -0.1) is 0 Å². The van der Waals surface area contributed by atoms with Gasteiger partial charge in [-0.2, -0.15) is 0 Å². The minimum Gasteiger partial charge on any atom is -0.497 e. The van der Waals surface area contributed by atoms with E-state index in [9.17, 15) is 4.79 Å². The summed E-state index contributed by atoms with van der Waals surface area (Å²) >= 11 is 0. The number of benzene rings is 1. The molecule has 1 unspecified atom stereocenters. The maximum atomic E-state index is 12.5. The molecule has 5 heteroatoms. The number of nitrogens with zero attached hydrogens (tertiary/aromatic N) is 1. The van der Waals surface area contributed by atoms with Crippen molar-refractivity contribution in [3.05, 3.63) is 29.8 Å². The summed E-state index contributed by atoms with van der Waals surface area (Å²) in [5.41, 5.74) is 1.21. The summed E-state index contributed by atoms with van der Waals surface area (Å²) in [5, 5.41) is 3.22. The van der Waals surface area contributed by atoms with Crippen LogP contribution < -0.4 is 10.1 Å². The second kappa shape index (κ2) is 9.20. The zero-order valence-electron chi connectivity index (χ0n) is 15.2. The zero-order chi connectivity index (χ0) is 17.5. The van der Waals surface area contributed by atoms with Crippen molar-refractivity contribution in [1.82, 2.24) is 10.2 Å². The molecule has 1 atom stereocenters. The molecule has 1 saturated heterocycles. The van der Waals surface area contributed by atoms with E-state index in [-0.39, 0.29) is 17.9 Å². The molecular weight excluding hydrogens is 316 g/mol. The maximum Gasteiger partial charge on any atom is 0.223 e. The van der Waals surface area contributed by atoms with Gasteiger partial charge in [0, 0.05) is 25.6 Å². The summed E-state index contributed by atoms with van der Waals surface area (Å²) in [4.78, 5) is 15.0. The number of hydrogen-bond donors (Lipinski definition) is 1. The molecule has 0 bridgehead atoms. The smallest absolute Gasteiger partial charge is 0.223 e. The minimum absolute atomic E-state index is 0.183. The lowest BCUT2D eigenvalue weighted by Crippen LogP contribution is -2.44. The number of ether oxygens (including phenoxy) is 2. The fraction of sp³-hybridized carbons (Fsp3) is 0.650. The third-order valence-electron chi connectivity index (χ3n) is 5.43. The number of nitrogens with one attached hydrogen (secondary N) is 1. The Bertz CT molecular complexity index is 534. The van der Waals surface area contributed by atoms with Gasteiger partial charge in [0.1, 0.15) is 5.75 Å². The van der Waals surface area contributed by atoms with Gasteiger partial charge in [-0.05, 0) is 30.5 Å². The average molecular weight is 346 g/mol. The van der Waals surface area contributed by atoms with Crippen molar-refractivity contribution in [2.45, 2.75) is 38.1 Å². The monoisotopic (exact) mass is 346 g/mol. The van der Waals surface area contributed by atoms with Crippen molar-refractivity contribution >= 4 is 5.91 Å². The van der Waals surface area contributed by atoms with Crippen LogP contribution in [0.3, 0.4) is 0 Å². The molecular formula is C20H30N2O3. The number of carbonyl (C=O) groups is 1. The van der Waals surface area contributed by atoms with E-state index < -0.39 is 0 Å². The van der Waals surface area contributed by atoms with Gasteiger partial charge >= 0.3 is 0 Å². The Morgan fingerprint density at radius 3 is 2.52 bits per heavy atom. The van der Waals surface area contributed by atoms with Gasteiger partial charge in [0.15, 0.2) is 0 Å². The first kappa shape index (κ1) is 18.2. The minimum atomic E-state index is 0.183. The van der Waals surface area contributed by atoms with Gasteiger partial charge in [-0.1, -0.05) is 31.4 Å². The summed E-state index contributed by atoms with van der Waals surface area (Å²) in [6.45, 7) is 3.96. The lowest BCUT2D eigenvalue weighted by molar-refractivity contribution is -0.126. The molecule has 3 rings (SSSR count). The van der Waals surface area contributed by atoms with E-state index in [0.717, 1.165) is 44.9 Å². The van der Waals surface area contributed by atoms with E-state index in [2.05, 4.69) is 22.3 Å². The largest absolute Gasteiger partial charge is 0.497 e. The van der Waals surface area contributed by atoms with Crippen LogP contribution in [0.1, 0.15) is 43.7 Å². The predicted octanol–water partition coefficient (Wildman–Crippen LogP) is 2.77. The normalized spacial score (nSPS) is 20.8. The molecule has 1 aliphatic carbocycles. The second-order valence-corrected chi connectivity index (χ2v) is 7.02. The van der Waals surface area contributed by atoms with Gasteiger partial charge in [-0.3, -0.25) is 9.69 Å². The zero-order valence-corrected chi connectivity index (χ0v) is 15.2.